The molecule has 1 atom stereocenters. The second-order valence-electron chi connectivity index (χ2n) is 6.10. The van der Waals surface area contributed by atoms with Gasteiger partial charge in [0.1, 0.15) is 5.75 Å². The van der Waals surface area contributed by atoms with E-state index in [9.17, 15) is 4.79 Å². The first-order valence-corrected chi connectivity index (χ1v) is 8.14. The minimum Gasteiger partial charge on any atom is -0.478 e. The van der Waals surface area contributed by atoms with E-state index in [2.05, 4.69) is 26.8 Å². The SMILES string of the molecule is CC(C)(C)Sc1cccc(C(C=O)Oc2ccc(C#N)cc2)c1. The van der Waals surface area contributed by atoms with Crippen LogP contribution in [0.15, 0.2) is 53.4 Å². The highest BCUT2D eigenvalue weighted by atomic mass is 32.2. The lowest BCUT2D eigenvalue weighted by atomic mass is 10.1. The first-order chi connectivity index (χ1) is 10.9. The Morgan fingerprint density at radius 2 is 1.87 bits per heavy atom. The molecule has 0 aliphatic carbocycles. The molecule has 0 aromatic heterocycles. The van der Waals surface area contributed by atoms with E-state index in [1.807, 2.05) is 24.3 Å². The molecule has 0 spiro atoms. The van der Waals surface area contributed by atoms with Crippen molar-refractivity contribution < 1.29 is 9.53 Å². The summed E-state index contributed by atoms with van der Waals surface area (Å²) in [5.74, 6) is 0.565. The molecule has 2 rings (SSSR count). The Labute approximate surface area is 141 Å². The molecular weight excluding hydrogens is 306 g/mol. The number of hydrogen-bond donors (Lipinski definition) is 0. The largest absolute Gasteiger partial charge is 0.478 e. The highest BCUT2D eigenvalue weighted by Gasteiger charge is 2.16. The molecule has 0 heterocycles. The Kier molecular flexibility index (Phi) is 5.46. The zero-order valence-electron chi connectivity index (χ0n) is 13.4. The van der Waals surface area contributed by atoms with Gasteiger partial charge in [0.25, 0.3) is 0 Å². The molecule has 0 fully saturated rings. The van der Waals surface area contributed by atoms with Gasteiger partial charge < -0.3 is 4.74 Å². The average Bonchev–Trinajstić information content (AvgIpc) is 2.52. The normalized spacial score (nSPS) is 12.3. The predicted molar refractivity (Wildman–Crippen MR) is 92.6 cm³/mol. The van der Waals surface area contributed by atoms with Crippen LogP contribution in [0.25, 0.3) is 0 Å². The number of nitrogens with zero attached hydrogens (tertiary/aromatic N) is 1. The maximum atomic E-state index is 11.4. The number of benzene rings is 2. The molecule has 0 bridgehead atoms. The van der Waals surface area contributed by atoms with Gasteiger partial charge in [-0.25, -0.2) is 0 Å². The van der Waals surface area contributed by atoms with Gasteiger partial charge in [0, 0.05) is 15.2 Å². The van der Waals surface area contributed by atoms with Crippen LogP contribution in [-0.4, -0.2) is 11.0 Å². The molecule has 0 aliphatic rings. The van der Waals surface area contributed by atoms with Crippen molar-refractivity contribution >= 4 is 18.0 Å². The van der Waals surface area contributed by atoms with Gasteiger partial charge in [-0.1, -0.05) is 32.9 Å². The number of carbonyl (C=O) groups is 1. The molecular formula is C19H19NO2S. The van der Waals surface area contributed by atoms with Crippen LogP contribution in [0, 0.1) is 11.3 Å². The van der Waals surface area contributed by atoms with Gasteiger partial charge >= 0.3 is 0 Å². The van der Waals surface area contributed by atoms with E-state index < -0.39 is 6.10 Å². The minimum atomic E-state index is -0.663. The molecule has 0 N–H and O–H groups in total. The summed E-state index contributed by atoms with van der Waals surface area (Å²) in [5, 5.41) is 8.81. The van der Waals surface area contributed by atoms with E-state index in [1.54, 1.807) is 36.0 Å². The summed E-state index contributed by atoms with van der Waals surface area (Å²) in [6, 6.07) is 16.6. The molecule has 2 aromatic rings. The molecule has 0 saturated carbocycles. The molecule has 2 aromatic carbocycles. The monoisotopic (exact) mass is 325 g/mol. The van der Waals surface area contributed by atoms with Gasteiger partial charge in [-0.15, -0.1) is 11.8 Å². The van der Waals surface area contributed by atoms with Crippen molar-refractivity contribution in [2.45, 2.75) is 36.5 Å². The molecule has 0 saturated heterocycles. The number of rotatable bonds is 5. The second-order valence-corrected chi connectivity index (χ2v) is 8.00. The average molecular weight is 325 g/mol. The van der Waals surface area contributed by atoms with E-state index in [4.69, 9.17) is 10.00 Å². The molecule has 0 aliphatic heterocycles. The molecule has 0 amide bonds. The summed E-state index contributed by atoms with van der Waals surface area (Å²) >= 11 is 1.75. The number of aldehydes is 1. The molecule has 1 unspecified atom stereocenters. The Morgan fingerprint density at radius 3 is 2.43 bits per heavy atom. The second kappa shape index (κ2) is 7.34. The van der Waals surface area contributed by atoms with Crippen molar-refractivity contribution in [1.82, 2.24) is 0 Å². The third-order valence-electron chi connectivity index (χ3n) is 2.98. The topological polar surface area (TPSA) is 50.1 Å². The molecule has 3 nitrogen and oxygen atoms in total. The molecule has 118 valence electrons. The Morgan fingerprint density at radius 1 is 1.17 bits per heavy atom. The fourth-order valence-corrected chi connectivity index (χ4v) is 3.09. The highest BCUT2D eigenvalue weighted by Crippen LogP contribution is 2.33. The van der Waals surface area contributed by atoms with Gasteiger partial charge in [0.05, 0.1) is 11.6 Å². The maximum Gasteiger partial charge on any atom is 0.179 e. The Balaban J connectivity index is 2.18. The summed E-state index contributed by atoms with van der Waals surface area (Å²) in [6.45, 7) is 6.44. The first-order valence-electron chi connectivity index (χ1n) is 7.32. The summed E-state index contributed by atoms with van der Waals surface area (Å²) in [7, 11) is 0. The number of carbonyl (C=O) groups excluding carboxylic acids is 1. The standard InChI is InChI=1S/C19H19NO2S/c1-19(2,3)23-17-6-4-5-15(11-17)18(13-21)22-16-9-7-14(12-20)8-10-16/h4-11,13,18H,1-3H3. The third kappa shape index (κ3) is 5.15. The van der Waals surface area contributed by atoms with Crippen LogP contribution in [0.4, 0.5) is 0 Å². The zero-order chi connectivity index (χ0) is 16.9. The van der Waals surface area contributed by atoms with Crippen LogP contribution in [0.1, 0.15) is 38.0 Å². The van der Waals surface area contributed by atoms with Crippen molar-refractivity contribution in [3.8, 4) is 11.8 Å². The first kappa shape index (κ1) is 17.1. The van der Waals surface area contributed by atoms with Crippen molar-refractivity contribution in [2.75, 3.05) is 0 Å². The van der Waals surface area contributed by atoms with E-state index in [1.165, 1.54) is 0 Å². The fourth-order valence-electron chi connectivity index (χ4n) is 2.04. The quantitative estimate of drug-likeness (QED) is 0.587. The van der Waals surface area contributed by atoms with Crippen LogP contribution in [-0.2, 0) is 4.79 Å². The number of thioether (sulfide) groups is 1. The number of nitriles is 1. The van der Waals surface area contributed by atoms with E-state index in [0.717, 1.165) is 16.7 Å². The van der Waals surface area contributed by atoms with Crippen molar-refractivity contribution in [3.05, 3.63) is 59.7 Å². The van der Waals surface area contributed by atoms with Crippen LogP contribution in [0.3, 0.4) is 0 Å². The number of hydrogen-bond acceptors (Lipinski definition) is 4. The highest BCUT2D eigenvalue weighted by molar-refractivity contribution is 8.00. The Hall–Kier alpha value is -2.25. The van der Waals surface area contributed by atoms with Crippen LogP contribution in [0.2, 0.25) is 0 Å². The lowest BCUT2D eigenvalue weighted by Gasteiger charge is -2.19. The van der Waals surface area contributed by atoms with Gasteiger partial charge in [0.2, 0.25) is 0 Å². The van der Waals surface area contributed by atoms with Gasteiger partial charge in [0.15, 0.2) is 12.4 Å². The van der Waals surface area contributed by atoms with Crippen LogP contribution < -0.4 is 4.74 Å². The van der Waals surface area contributed by atoms with Crippen molar-refractivity contribution in [1.29, 1.82) is 5.26 Å². The Bertz CT molecular complexity index is 711. The van der Waals surface area contributed by atoms with Gasteiger partial charge in [-0.2, -0.15) is 5.26 Å². The lowest BCUT2D eigenvalue weighted by molar-refractivity contribution is -0.113. The van der Waals surface area contributed by atoms with Crippen LogP contribution >= 0.6 is 11.8 Å². The lowest BCUT2D eigenvalue weighted by Crippen LogP contribution is -2.10. The summed E-state index contributed by atoms with van der Waals surface area (Å²) in [6.07, 6.45) is 0.127. The summed E-state index contributed by atoms with van der Waals surface area (Å²) in [4.78, 5) is 12.5. The van der Waals surface area contributed by atoms with Crippen molar-refractivity contribution in [2.24, 2.45) is 0 Å². The van der Waals surface area contributed by atoms with E-state index in [-0.39, 0.29) is 4.75 Å². The van der Waals surface area contributed by atoms with Gasteiger partial charge in [-0.05, 0) is 36.4 Å². The molecule has 4 heteroatoms. The third-order valence-corrected chi connectivity index (χ3v) is 4.08. The van der Waals surface area contributed by atoms with Crippen molar-refractivity contribution in [3.63, 3.8) is 0 Å². The summed E-state index contributed by atoms with van der Waals surface area (Å²) < 4.78 is 5.85. The van der Waals surface area contributed by atoms with E-state index in [0.29, 0.717) is 11.3 Å². The minimum absolute atomic E-state index is 0.100. The summed E-state index contributed by atoms with van der Waals surface area (Å²) in [5.41, 5.74) is 1.38. The fraction of sp³-hybridized carbons (Fsp3) is 0.263. The van der Waals surface area contributed by atoms with Crippen LogP contribution in [0.5, 0.6) is 5.75 Å². The maximum absolute atomic E-state index is 11.4. The predicted octanol–water partition coefficient (Wildman–Crippen LogP) is 4.77. The number of ether oxygens (including phenoxy) is 1. The smallest absolute Gasteiger partial charge is 0.179 e. The van der Waals surface area contributed by atoms with E-state index >= 15 is 0 Å². The van der Waals surface area contributed by atoms with Gasteiger partial charge in [-0.3, -0.25) is 4.79 Å². The molecule has 0 radical (unpaired) electrons. The molecule has 23 heavy (non-hydrogen) atoms. The zero-order valence-corrected chi connectivity index (χ0v) is 14.3.